The maximum absolute atomic E-state index is 14.9. The number of carbonyl (C=O) groups excluding carboxylic acids is 3. The lowest BCUT2D eigenvalue weighted by Gasteiger charge is -2.38. The van der Waals surface area contributed by atoms with Crippen LogP contribution in [0.1, 0.15) is 74.5 Å². The normalized spacial score (nSPS) is 23.4. The zero-order valence-corrected chi connectivity index (χ0v) is 24.3. The zero-order valence-electron chi connectivity index (χ0n) is 23.5. The van der Waals surface area contributed by atoms with E-state index < -0.39 is 23.4 Å². The van der Waals surface area contributed by atoms with Gasteiger partial charge in [0, 0.05) is 17.5 Å². The minimum atomic E-state index is -1.30. The molecule has 0 saturated carbocycles. The molecule has 0 bridgehead atoms. The Hall–Kier alpha value is -4.29. The number of thiophene rings is 1. The minimum absolute atomic E-state index is 0.136. The van der Waals surface area contributed by atoms with Crippen LogP contribution < -0.4 is 5.32 Å². The number of nitrogens with zero attached hydrogens (tertiary/aromatic N) is 1. The van der Waals surface area contributed by atoms with Gasteiger partial charge >= 0.3 is 0 Å². The molecule has 6 heteroatoms. The fourth-order valence-electron chi connectivity index (χ4n) is 7.33. The Kier molecular flexibility index (Phi) is 6.66. The van der Waals surface area contributed by atoms with Crippen LogP contribution in [0, 0.1) is 5.92 Å². The van der Waals surface area contributed by atoms with Gasteiger partial charge in [0.15, 0.2) is 11.6 Å². The molecule has 1 aromatic heterocycles. The van der Waals surface area contributed by atoms with E-state index in [1.165, 1.54) is 23.3 Å². The summed E-state index contributed by atoms with van der Waals surface area (Å²) in [6.45, 7) is 2.19. The van der Waals surface area contributed by atoms with E-state index in [1.807, 2.05) is 107 Å². The maximum Gasteiger partial charge on any atom is 0.238 e. The van der Waals surface area contributed by atoms with Crippen LogP contribution in [0.4, 0.5) is 5.69 Å². The summed E-state index contributed by atoms with van der Waals surface area (Å²) >= 11 is 1.37. The Balaban J connectivity index is 1.44. The summed E-state index contributed by atoms with van der Waals surface area (Å²) in [5.74, 6) is -1.50. The van der Waals surface area contributed by atoms with E-state index in [0.29, 0.717) is 16.1 Å². The van der Waals surface area contributed by atoms with Crippen molar-refractivity contribution < 1.29 is 14.4 Å². The van der Waals surface area contributed by atoms with Crippen molar-refractivity contribution in [3.63, 3.8) is 0 Å². The van der Waals surface area contributed by atoms with Crippen LogP contribution in [0.5, 0.6) is 0 Å². The van der Waals surface area contributed by atoms with E-state index in [9.17, 15) is 14.4 Å². The molecule has 4 aromatic rings. The van der Waals surface area contributed by atoms with Gasteiger partial charge in [-0.25, -0.2) is 0 Å². The van der Waals surface area contributed by atoms with Crippen molar-refractivity contribution >= 4 is 40.6 Å². The number of anilines is 1. The molecule has 1 saturated heterocycles. The van der Waals surface area contributed by atoms with Gasteiger partial charge in [0.05, 0.1) is 16.8 Å². The third kappa shape index (κ3) is 3.92. The molecule has 4 atom stereocenters. The standard InChI is InChI=1S/C36H32N2O3S/c1-2-3-4-10-23-16-18-25(19-17-23)32(39)30-31(33(40)29-15-9-22-42-29)38-21-20-24-11-5-6-12-26(24)34(38)36(30)27-13-7-8-14-28(27)37-35(36)41/h5-9,11-22,30-31,34H,2-4,10H2,1H3,(H,37,41)/t30-,31-,34+,36+/m0/s1. The van der Waals surface area contributed by atoms with Crippen molar-refractivity contribution in [1.29, 1.82) is 0 Å². The fraction of sp³-hybridized carbons (Fsp3) is 0.250. The molecule has 0 radical (unpaired) electrons. The van der Waals surface area contributed by atoms with Crippen LogP contribution in [-0.2, 0) is 16.6 Å². The van der Waals surface area contributed by atoms with Gasteiger partial charge in [-0.15, -0.1) is 11.3 Å². The maximum atomic E-state index is 14.9. The van der Waals surface area contributed by atoms with Gasteiger partial charge in [-0.3, -0.25) is 14.4 Å². The summed E-state index contributed by atoms with van der Waals surface area (Å²) in [5, 5.41) is 4.99. The Morgan fingerprint density at radius 1 is 0.905 bits per heavy atom. The lowest BCUT2D eigenvalue weighted by molar-refractivity contribution is -0.122. The summed E-state index contributed by atoms with van der Waals surface area (Å²) in [6, 6.07) is 25.7. The first kappa shape index (κ1) is 26.6. The molecule has 1 N–H and O–H groups in total. The second kappa shape index (κ2) is 10.5. The van der Waals surface area contributed by atoms with Crippen molar-refractivity contribution in [1.82, 2.24) is 4.90 Å². The van der Waals surface area contributed by atoms with Crippen LogP contribution in [-0.4, -0.2) is 28.4 Å². The Morgan fingerprint density at radius 2 is 1.69 bits per heavy atom. The molecule has 0 aliphatic carbocycles. The first-order valence-electron chi connectivity index (χ1n) is 14.7. The summed E-state index contributed by atoms with van der Waals surface area (Å²) in [6.07, 6.45) is 8.29. The van der Waals surface area contributed by atoms with Crippen LogP contribution in [0.15, 0.2) is 96.5 Å². The van der Waals surface area contributed by atoms with Gasteiger partial charge in [0.1, 0.15) is 11.5 Å². The second-order valence-corrected chi connectivity index (χ2v) is 12.4. The molecule has 210 valence electrons. The number of carbonyl (C=O) groups is 3. The largest absolute Gasteiger partial charge is 0.358 e. The topological polar surface area (TPSA) is 66.5 Å². The molecular formula is C36H32N2O3S. The number of nitrogens with one attached hydrogen (secondary N) is 1. The first-order valence-corrected chi connectivity index (χ1v) is 15.6. The summed E-state index contributed by atoms with van der Waals surface area (Å²) < 4.78 is 0. The smallest absolute Gasteiger partial charge is 0.238 e. The number of Topliss-reactive ketones (excluding diaryl/α,β-unsaturated/α-hetero) is 2. The van der Waals surface area contributed by atoms with Crippen molar-refractivity contribution in [2.75, 3.05) is 5.32 Å². The third-order valence-corrected chi connectivity index (χ3v) is 10.1. The average molecular weight is 573 g/mol. The number of benzene rings is 3. The minimum Gasteiger partial charge on any atom is -0.358 e. The average Bonchev–Trinajstić information content (AvgIpc) is 3.74. The van der Waals surface area contributed by atoms with Gasteiger partial charge in [-0.05, 0) is 58.7 Å². The fourth-order valence-corrected chi connectivity index (χ4v) is 8.02. The molecule has 1 spiro atoms. The highest BCUT2D eigenvalue weighted by Gasteiger charge is 2.70. The van der Waals surface area contributed by atoms with E-state index >= 15 is 0 Å². The van der Waals surface area contributed by atoms with E-state index in [1.54, 1.807) is 0 Å². The molecule has 3 aliphatic rings. The first-order chi connectivity index (χ1) is 20.6. The van der Waals surface area contributed by atoms with Crippen molar-refractivity contribution in [2.45, 2.75) is 50.1 Å². The number of ketones is 2. The molecule has 0 unspecified atom stereocenters. The van der Waals surface area contributed by atoms with Crippen molar-refractivity contribution in [3.8, 4) is 0 Å². The number of rotatable bonds is 8. The summed E-state index contributed by atoms with van der Waals surface area (Å²) in [4.78, 5) is 46.4. The number of para-hydroxylation sites is 1. The third-order valence-electron chi connectivity index (χ3n) is 9.19. The number of hydrogen-bond acceptors (Lipinski definition) is 5. The summed E-state index contributed by atoms with van der Waals surface area (Å²) in [7, 11) is 0. The zero-order chi connectivity index (χ0) is 28.8. The van der Waals surface area contributed by atoms with E-state index in [-0.39, 0.29) is 17.5 Å². The number of hydrogen-bond donors (Lipinski definition) is 1. The van der Waals surface area contributed by atoms with Gasteiger partial charge in [-0.1, -0.05) is 92.6 Å². The molecule has 3 aliphatic heterocycles. The molecule has 7 rings (SSSR count). The number of unbranched alkanes of at least 4 members (excludes halogenated alkanes) is 2. The molecule has 4 heterocycles. The molecule has 3 aromatic carbocycles. The van der Waals surface area contributed by atoms with Crippen molar-refractivity contribution in [3.05, 3.63) is 129 Å². The monoisotopic (exact) mass is 572 g/mol. The number of amides is 1. The number of fused-ring (bicyclic) bond motifs is 6. The SMILES string of the molecule is CCCCCc1ccc(C(=O)[C@@H]2[C@@H](C(=O)c3cccs3)N3C=Cc4ccccc4[C@@H]3[C@]23C(=O)Nc2ccccc23)cc1. The van der Waals surface area contributed by atoms with E-state index in [2.05, 4.69) is 12.2 Å². The highest BCUT2D eigenvalue weighted by atomic mass is 32.1. The molecule has 42 heavy (non-hydrogen) atoms. The van der Waals surface area contributed by atoms with Crippen LogP contribution in [0.25, 0.3) is 6.08 Å². The highest BCUT2D eigenvalue weighted by Crippen LogP contribution is 2.62. The van der Waals surface area contributed by atoms with Gasteiger partial charge < -0.3 is 10.2 Å². The predicted molar refractivity (Wildman–Crippen MR) is 167 cm³/mol. The molecule has 5 nitrogen and oxygen atoms in total. The number of aryl methyl sites for hydroxylation is 1. The van der Waals surface area contributed by atoms with E-state index in [4.69, 9.17) is 0 Å². The molecular weight excluding hydrogens is 540 g/mol. The van der Waals surface area contributed by atoms with Crippen LogP contribution in [0.2, 0.25) is 0 Å². The van der Waals surface area contributed by atoms with Crippen LogP contribution >= 0.6 is 11.3 Å². The Bertz CT molecular complexity index is 1710. The molecule has 1 fully saturated rings. The molecule has 1 amide bonds. The second-order valence-electron chi connectivity index (χ2n) is 11.4. The van der Waals surface area contributed by atoms with Gasteiger partial charge in [0.25, 0.3) is 0 Å². The lowest BCUT2D eigenvalue weighted by atomic mass is 9.62. The Labute approximate surface area is 249 Å². The highest BCUT2D eigenvalue weighted by molar-refractivity contribution is 7.12. The van der Waals surface area contributed by atoms with Crippen LogP contribution in [0.3, 0.4) is 0 Å². The van der Waals surface area contributed by atoms with Gasteiger partial charge in [0.2, 0.25) is 5.91 Å². The quantitative estimate of drug-likeness (QED) is 0.176. The van der Waals surface area contributed by atoms with Crippen molar-refractivity contribution in [2.24, 2.45) is 5.92 Å². The summed E-state index contributed by atoms with van der Waals surface area (Å²) in [5.41, 5.74) is 3.81. The van der Waals surface area contributed by atoms with E-state index in [0.717, 1.165) is 36.0 Å². The van der Waals surface area contributed by atoms with Gasteiger partial charge in [-0.2, -0.15) is 0 Å². The lowest BCUT2D eigenvalue weighted by Crippen LogP contribution is -2.49. The predicted octanol–water partition coefficient (Wildman–Crippen LogP) is 7.46. The Morgan fingerprint density at radius 3 is 2.48 bits per heavy atom.